The highest BCUT2D eigenvalue weighted by Gasteiger charge is 2.42. The Balaban J connectivity index is 1.94. The first kappa shape index (κ1) is 19.4. The van der Waals surface area contributed by atoms with Gasteiger partial charge in [-0.3, -0.25) is 9.97 Å². The van der Waals surface area contributed by atoms with Gasteiger partial charge in [-0.2, -0.15) is 0 Å². The van der Waals surface area contributed by atoms with Crippen LogP contribution < -0.4 is 10.4 Å². The molecule has 1 aliphatic rings. The van der Waals surface area contributed by atoms with Crippen LogP contribution in [0.4, 0.5) is 5.69 Å². The highest BCUT2D eigenvalue weighted by atomic mass is 16.4. The fourth-order valence-electron chi connectivity index (χ4n) is 3.02. The Labute approximate surface area is 162 Å². The van der Waals surface area contributed by atoms with Crippen LogP contribution in [0, 0.1) is 6.92 Å². The molecule has 3 heterocycles. The average Bonchev–Trinajstić information content (AvgIpc) is 2.71. The van der Waals surface area contributed by atoms with Crippen LogP contribution in [0.15, 0.2) is 59.9 Å². The Morgan fingerprint density at radius 3 is 2.54 bits per heavy atom. The number of amides is 1. The Morgan fingerprint density at radius 1 is 1.18 bits per heavy atom. The average molecular weight is 379 g/mol. The van der Waals surface area contributed by atoms with Gasteiger partial charge in [0.15, 0.2) is 0 Å². The number of carbonyl (C=O) groups is 2. The van der Waals surface area contributed by atoms with E-state index in [2.05, 4.69) is 20.4 Å². The molecule has 0 radical (unpaired) electrons. The maximum Gasteiger partial charge on any atom is 0.388 e. The highest BCUT2D eigenvalue weighted by molar-refractivity contribution is 6.40. The maximum atomic E-state index is 13.3. The number of hydrogen-bond acceptors (Lipinski definition) is 7. The van der Waals surface area contributed by atoms with Crippen LogP contribution in [0.1, 0.15) is 18.1 Å². The number of pyridine rings is 2. The van der Waals surface area contributed by atoms with Crippen LogP contribution in [-0.4, -0.2) is 45.2 Å². The molecule has 0 aromatic carbocycles. The molecule has 1 aliphatic heterocycles. The molecule has 144 valence electrons. The van der Waals surface area contributed by atoms with Gasteiger partial charge in [0.25, 0.3) is 0 Å². The summed E-state index contributed by atoms with van der Waals surface area (Å²) in [6.07, 6.45) is 8.36. The van der Waals surface area contributed by atoms with Crippen molar-refractivity contribution in [2.75, 3.05) is 18.4 Å². The molecule has 0 fully saturated rings. The van der Waals surface area contributed by atoms with Gasteiger partial charge in [-0.05, 0) is 43.2 Å². The van der Waals surface area contributed by atoms with Gasteiger partial charge in [0.2, 0.25) is 0 Å². The predicted octanol–water partition coefficient (Wildman–Crippen LogP) is 0.806. The minimum Gasteiger partial charge on any atom is -0.543 e. The van der Waals surface area contributed by atoms with Gasteiger partial charge in [0.05, 0.1) is 17.9 Å². The smallest absolute Gasteiger partial charge is 0.388 e. The second-order valence-electron chi connectivity index (χ2n) is 6.52. The molecule has 8 nitrogen and oxygen atoms in total. The second kappa shape index (κ2) is 8.10. The number of nitrogens with one attached hydrogen (secondary N) is 1. The monoisotopic (exact) mass is 379 g/mol. The number of likely N-dealkylation sites (N-methyl/N-ethyl adjacent to an activating group) is 1. The van der Waals surface area contributed by atoms with E-state index >= 15 is 0 Å². The van der Waals surface area contributed by atoms with E-state index in [4.69, 9.17) is 0 Å². The zero-order chi connectivity index (χ0) is 20.1. The topological polar surface area (TPSA) is 107 Å². The van der Waals surface area contributed by atoms with Crippen molar-refractivity contribution in [1.82, 2.24) is 9.97 Å². The molecule has 0 spiro atoms. The molecule has 0 aliphatic carbocycles. The van der Waals surface area contributed by atoms with Crippen LogP contribution in [0.2, 0.25) is 0 Å². The van der Waals surface area contributed by atoms with Gasteiger partial charge in [-0.25, -0.2) is 4.79 Å². The maximum absolute atomic E-state index is 13.3. The summed E-state index contributed by atoms with van der Waals surface area (Å²) in [5, 5.41) is 18.8. The Hall–Kier alpha value is -3.39. The van der Waals surface area contributed by atoms with Crippen LogP contribution >= 0.6 is 0 Å². The summed E-state index contributed by atoms with van der Waals surface area (Å²) in [5.41, 5.74) is 2.39. The normalized spacial score (nSPS) is 19.0. The molecule has 1 N–H and O–H groups in total. The molecule has 0 bridgehead atoms. The van der Waals surface area contributed by atoms with E-state index in [1.807, 2.05) is 19.1 Å². The first-order chi connectivity index (χ1) is 13.4. The summed E-state index contributed by atoms with van der Waals surface area (Å²) in [6.45, 7) is 4.31. The quantitative estimate of drug-likeness (QED) is 0.713. The molecule has 2 aromatic heterocycles. The van der Waals surface area contributed by atoms with Gasteiger partial charge < -0.3 is 15.2 Å². The van der Waals surface area contributed by atoms with Gasteiger partial charge in [0.1, 0.15) is 24.5 Å². The third kappa shape index (κ3) is 3.96. The van der Waals surface area contributed by atoms with Gasteiger partial charge in [-0.1, -0.05) is 5.10 Å². The molecular formula is C20H21N5O3. The number of carbonyl (C=O) groups excluding carboxylic acids is 2. The summed E-state index contributed by atoms with van der Waals surface area (Å²) >= 11 is 0. The fourth-order valence-corrected chi connectivity index (χ4v) is 3.02. The summed E-state index contributed by atoms with van der Waals surface area (Å²) < 4.78 is -0.357. The summed E-state index contributed by atoms with van der Waals surface area (Å²) in [4.78, 5) is 32.9. The summed E-state index contributed by atoms with van der Waals surface area (Å²) in [5.74, 6) is -1.72. The molecule has 1 amide bonds. The predicted molar refractivity (Wildman–Crippen MR) is 102 cm³/mol. The number of aromatic nitrogens is 2. The van der Waals surface area contributed by atoms with E-state index in [1.165, 1.54) is 6.08 Å². The van der Waals surface area contributed by atoms with E-state index < -0.39 is 5.97 Å². The van der Waals surface area contributed by atoms with Gasteiger partial charge in [-0.15, -0.1) is 4.59 Å². The molecule has 0 saturated carbocycles. The molecule has 28 heavy (non-hydrogen) atoms. The number of rotatable bonds is 7. The lowest BCUT2D eigenvalue weighted by atomic mass is 10.1. The zero-order valence-electron chi connectivity index (χ0n) is 15.8. The molecular weight excluding hydrogens is 358 g/mol. The Bertz CT molecular complexity index is 955. The number of carboxylic acids is 1. The number of quaternary nitrogens is 1. The molecule has 2 aromatic rings. The van der Waals surface area contributed by atoms with E-state index in [0.29, 0.717) is 25.2 Å². The van der Waals surface area contributed by atoms with E-state index in [0.717, 1.165) is 11.1 Å². The lowest BCUT2D eigenvalue weighted by Crippen LogP contribution is -2.55. The van der Waals surface area contributed by atoms with Crippen molar-refractivity contribution in [2.45, 2.75) is 20.3 Å². The first-order valence-electron chi connectivity index (χ1n) is 8.97. The lowest BCUT2D eigenvalue weighted by molar-refractivity contribution is -0.857. The van der Waals surface area contributed by atoms with Crippen molar-refractivity contribution in [2.24, 2.45) is 5.10 Å². The molecule has 1 atom stereocenters. The van der Waals surface area contributed by atoms with Crippen molar-refractivity contribution < 1.29 is 19.3 Å². The molecule has 3 rings (SSSR count). The third-order valence-corrected chi connectivity index (χ3v) is 4.75. The van der Waals surface area contributed by atoms with Crippen LogP contribution in [0.3, 0.4) is 0 Å². The SMILES string of the molecule is CC[N+]1(CCc2ccncc2)N=C(C(=O)[O-])C=C(Nc2cnccc2C)C1=O. The number of aryl methyl sites for hydroxylation is 1. The van der Waals surface area contributed by atoms with Crippen molar-refractivity contribution in [1.29, 1.82) is 0 Å². The van der Waals surface area contributed by atoms with Crippen LogP contribution in [0.5, 0.6) is 0 Å². The first-order valence-corrected chi connectivity index (χ1v) is 8.97. The van der Waals surface area contributed by atoms with E-state index in [-0.39, 0.29) is 21.9 Å². The summed E-state index contributed by atoms with van der Waals surface area (Å²) in [7, 11) is 0. The minimum absolute atomic E-state index is 0.155. The minimum atomic E-state index is -1.42. The molecule has 0 saturated heterocycles. The Morgan fingerprint density at radius 2 is 1.89 bits per heavy atom. The van der Waals surface area contributed by atoms with Crippen LogP contribution in [-0.2, 0) is 16.0 Å². The van der Waals surface area contributed by atoms with Crippen molar-refractivity contribution in [3.63, 3.8) is 0 Å². The van der Waals surface area contributed by atoms with E-state index in [9.17, 15) is 14.7 Å². The van der Waals surface area contributed by atoms with Crippen molar-refractivity contribution in [3.05, 3.63) is 65.9 Å². The van der Waals surface area contributed by atoms with Gasteiger partial charge in [0, 0.05) is 31.1 Å². The second-order valence-corrected chi connectivity index (χ2v) is 6.52. The van der Waals surface area contributed by atoms with Crippen molar-refractivity contribution in [3.8, 4) is 0 Å². The number of nitrogens with zero attached hydrogens (tertiary/aromatic N) is 4. The zero-order valence-corrected chi connectivity index (χ0v) is 15.8. The lowest BCUT2D eigenvalue weighted by Gasteiger charge is -2.32. The third-order valence-electron chi connectivity index (χ3n) is 4.75. The molecule has 1 unspecified atom stereocenters. The Kier molecular flexibility index (Phi) is 5.60. The van der Waals surface area contributed by atoms with Gasteiger partial charge >= 0.3 is 5.91 Å². The largest absolute Gasteiger partial charge is 0.543 e. The molecule has 8 heteroatoms. The number of hydrogen-bond donors (Lipinski definition) is 1. The standard InChI is InChI=1S/C20H21N5O3/c1-3-25(11-7-15-5-9-21-10-6-15)19(26)16(12-17(24-25)20(27)28)23-18-13-22-8-4-14(18)2/h4-6,8-10,12-13H,3,7,11H2,1-2H3,(H-,23,24,27,28). The number of aliphatic carboxylic acids is 1. The van der Waals surface area contributed by atoms with E-state index in [1.54, 1.807) is 37.8 Å². The number of anilines is 1. The van der Waals surface area contributed by atoms with Crippen molar-refractivity contribution >= 4 is 23.3 Å². The highest BCUT2D eigenvalue weighted by Crippen LogP contribution is 2.24. The number of carboxylic acid groups (broad SMARTS) is 1. The fraction of sp³-hybridized carbons (Fsp3) is 0.250. The summed E-state index contributed by atoms with van der Waals surface area (Å²) in [6, 6.07) is 5.52. The van der Waals surface area contributed by atoms with Crippen LogP contribution in [0.25, 0.3) is 0 Å².